The molecule has 1 atom stereocenters. The van der Waals surface area contributed by atoms with E-state index in [9.17, 15) is 4.79 Å². The van der Waals surface area contributed by atoms with Crippen LogP contribution in [0.2, 0.25) is 0 Å². The van der Waals surface area contributed by atoms with Crippen LogP contribution in [0, 0.1) is 0 Å². The van der Waals surface area contributed by atoms with Crippen LogP contribution in [0.4, 0.5) is 0 Å². The number of likely N-dealkylation sites (tertiary alicyclic amines) is 1. The van der Waals surface area contributed by atoms with E-state index in [1.807, 2.05) is 21.8 Å². The van der Waals surface area contributed by atoms with Crippen molar-refractivity contribution in [2.75, 3.05) is 32.8 Å². The highest BCUT2D eigenvalue weighted by Gasteiger charge is 2.34. The van der Waals surface area contributed by atoms with Gasteiger partial charge in [-0.2, -0.15) is 5.10 Å². The molecule has 3 heterocycles. The van der Waals surface area contributed by atoms with Gasteiger partial charge in [0.25, 0.3) is 0 Å². The summed E-state index contributed by atoms with van der Waals surface area (Å²) in [6.45, 7) is 5.40. The highest BCUT2D eigenvalue weighted by atomic mass is 16.5. The molecule has 0 spiro atoms. The van der Waals surface area contributed by atoms with E-state index in [0.717, 1.165) is 45.6 Å². The Morgan fingerprint density at radius 2 is 1.81 bits per heavy atom. The van der Waals surface area contributed by atoms with Gasteiger partial charge in [-0.05, 0) is 36.6 Å². The first-order valence-electron chi connectivity index (χ1n) is 9.45. The van der Waals surface area contributed by atoms with E-state index in [-0.39, 0.29) is 11.9 Å². The van der Waals surface area contributed by atoms with Crippen LogP contribution in [0.25, 0.3) is 0 Å². The summed E-state index contributed by atoms with van der Waals surface area (Å²) in [6.07, 6.45) is 5.83. The van der Waals surface area contributed by atoms with E-state index in [2.05, 4.69) is 34.3 Å². The van der Waals surface area contributed by atoms with E-state index in [0.29, 0.717) is 13.2 Å². The fourth-order valence-electron chi connectivity index (χ4n) is 3.86. The van der Waals surface area contributed by atoms with Crippen molar-refractivity contribution in [1.29, 1.82) is 0 Å². The van der Waals surface area contributed by atoms with Gasteiger partial charge < -0.3 is 9.64 Å². The van der Waals surface area contributed by atoms with Crippen LogP contribution in [0.3, 0.4) is 0 Å². The third kappa shape index (κ3) is 3.97. The summed E-state index contributed by atoms with van der Waals surface area (Å²) in [4.78, 5) is 17.2. The minimum Gasteiger partial charge on any atom is -0.378 e. The van der Waals surface area contributed by atoms with Gasteiger partial charge in [0.2, 0.25) is 5.91 Å². The largest absolute Gasteiger partial charge is 0.378 e. The normalized spacial score (nSPS) is 21.2. The number of benzene rings is 1. The molecule has 2 aliphatic heterocycles. The van der Waals surface area contributed by atoms with Gasteiger partial charge in [0.15, 0.2) is 0 Å². The molecular weight excluding hydrogens is 328 g/mol. The van der Waals surface area contributed by atoms with Gasteiger partial charge in [0, 0.05) is 32.0 Å². The topological polar surface area (TPSA) is 50.6 Å². The highest BCUT2D eigenvalue weighted by Crippen LogP contribution is 2.22. The van der Waals surface area contributed by atoms with Crippen LogP contribution >= 0.6 is 0 Å². The van der Waals surface area contributed by atoms with Crippen molar-refractivity contribution in [3.05, 3.63) is 53.9 Å². The first kappa shape index (κ1) is 17.2. The Bertz CT molecular complexity index is 708. The maximum absolute atomic E-state index is 12.9. The predicted octanol–water partition coefficient (Wildman–Crippen LogP) is 1.75. The molecule has 6 nitrogen and oxygen atoms in total. The molecule has 2 aliphatic rings. The number of rotatable bonds is 5. The summed E-state index contributed by atoms with van der Waals surface area (Å²) in [5, 5.41) is 4.25. The Morgan fingerprint density at radius 1 is 1.08 bits per heavy atom. The number of amides is 1. The van der Waals surface area contributed by atoms with Gasteiger partial charge >= 0.3 is 0 Å². The predicted molar refractivity (Wildman–Crippen MR) is 98.6 cm³/mol. The molecule has 1 amide bonds. The molecule has 0 aliphatic carbocycles. The molecule has 2 fully saturated rings. The second kappa shape index (κ2) is 8.01. The summed E-state index contributed by atoms with van der Waals surface area (Å²) in [5.74, 6) is 0.279. The average Bonchev–Trinajstić information content (AvgIpc) is 3.35. The molecule has 138 valence electrons. The van der Waals surface area contributed by atoms with Crippen molar-refractivity contribution in [1.82, 2.24) is 19.6 Å². The zero-order valence-corrected chi connectivity index (χ0v) is 15.1. The summed E-state index contributed by atoms with van der Waals surface area (Å²) in [7, 11) is 0. The quantitative estimate of drug-likeness (QED) is 0.821. The Kier molecular flexibility index (Phi) is 5.32. The third-order valence-corrected chi connectivity index (χ3v) is 5.28. The van der Waals surface area contributed by atoms with Crippen molar-refractivity contribution >= 4 is 5.91 Å². The fraction of sp³-hybridized carbons (Fsp3) is 0.500. The standard InChI is InChI=1S/C20H26N4O2/c25-20(22-11-13-26-14-12-22)19-3-1-9-23(19)15-17-4-6-18(7-5-17)16-24-10-2-8-21-24/h2,4-8,10,19H,1,3,9,11-16H2. The third-order valence-electron chi connectivity index (χ3n) is 5.28. The van der Waals surface area contributed by atoms with Gasteiger partial charge in [-0.25, -0.2) is 0 Å². The Morgan fingerprint density at radius 3 is 2.50 bits per heavy atom. The number of aromatic nitrogens is 2. The number of nitrogens with zero attached hydrogens (tertiary/aromatic N) is 4. The van der Waals surface area contributed by atoms with Gasteiger partial charge in [-0.1, -0.05) is 24.3 Å². The van der Waals surface area contributed by atoms with Crippen LogP contribution < -0.4 is 0 Å². The van der Waals surface area contributed by atoms with Gasteiger partial charge in [-0.3, -0.25) is 14.4 Å². The number of carbonyl (C=O) groups is 1. The minimum atomic E-state index is 0.0249. The van der Waals surface area contributed by atoms with E-state index >= 15 is 0 Å². The molecule has 2 saturated heterocycles. The van der Waals surface area contributed by atoms with Crippen LogP contribution in [0.15, 0.2) is 42.7 Å². The van der Waals surface area contributed by atoms with Crippen molar-refractivity contribution in [2.45, 2.75) is 32.0 Å². The first-order valence-corrected chi connectivity index (χ1v) is 9.45. The molecule has 0 N–H and O–H groups in total. The zero-order valence-electron chi connectivity index (χ0n) is 15.1. The number of hydrogen-bond donors (Lipinski definition) is 0. The van der Waals surface area contributed by atoms with Gasteiger partial charge in [0.05, 0.1) is 25.8 Å². The molecule has 2 aromatic rings. The second-order valence-corrected chi connectivity index (χ2v) is 7.09. The number of morpholine rings is 1. The van der Waals surface area contributed by atoms with E-state index in [1.165, 1.54) is 11.1 Å². The van der Waals surface area contributed by atoms with Gasteiger partial charge in [0.1, 0.15) is 0 Å². The number of ether oxygens (including phenoxy) is 1. The lowest BCUT2D eigenvalue weighted by molar-refractivity contribution is -0.140. The SMILES string of the molecule is O=C(C1CCCN1Cc1ccc(Cn2cccn2)cc1)N1CCOCC1. The Hall–Kier alpha value is -2.18. The molecular formula is C20H26N4O2. The lowest BCUT2D eigenvalue weighted by Gasteiger charge is -2.32. The molecule has 4 rings (SSSR count). The highest BCUT2D eigenvalue weighted by molar-refractivity contribution is 5.82. The zero-order chi connectivity index (χ0) is 17.8. The second-order valence-electron chi connectivity index (χ2n) is 7.09. The van der Waals surface area contributed by atoms with Crippen LogP contribution in [-0.4, -0.2) is 64.4 Å². The van der Waals surface area contributed by atoms with Crippen molar-refractivity contribution < 1.29 is 9.53 Å². The first-order chi connectivity index (χ1) is 12.8. The Labute approximate surface area is 154 Å². The van der Waals surface area contributed by atoms with E-state index in [1.54, 1.807) is 6.20 Å². The van der Waals surface area contributed by atoms with Crippen molar-refractivity contribution in [3.63, 3.8) is 0 Å². The molecule has 0 radical (unpaired) electrons. The van der Waals surface area contributed by atoms with E-state index in [4.69, 9.17) is 4.74 Å². The van der Waals surface area contributed by atoms with Gasteiger partial charge in [-0.15, -0.1) is 0 Å². The molecule has 1 aromatic carbocycles. The molecule has 6 heteroatoms. The van der Waals surface area contributed by atoms with Crippen molar-refractivity contribution in [2.24, 2.45) is 0 Å². The lowest BCUT2D eigenvalue weighted by Crippen LogP contribution is -2.49. The van der Waals surface area contributed by atoms with Crippen molar-refractivity contribution in [3.8, 4) is 0 Å². The summed E-state index contributed by atoms with van der Waals surface area (Å²) >= 11 is 0. The maximum Gasteiger partial charge on any atom is 0.240 e. The van der Waals surface area contributed by atoms with Crippen LogP contribution in [0.1, 0.15) is 24.0 Å². The molecule has 0 saturated carbocycles. The fourth-order valence-corrected chi connectivity index (χ4v) is 3.86. The summed E-state index contributed by atoms with van der Waals surface area (Å²) in [6, 6.07) is 10.6. The maximum atomic E-state index is 12.9. The number of carbonyl (C=O) groups excluding carboxylic acids is 1. The molecule has 26 heavy (non-hydrogen) atoms. The summed E-state index contributed by atoms with van der Waals surface area (Å²) in [5.41, 5.74) is 2.50. The van der Waals surface area contributed by atoms with E-state index < -0.39 is 0 Å². The molecule has 0 bridgehead atoms. The minimum absolute atomic E-state index is 0.0249. The molecule has 1 unspecified atom stereocenters. The lowest BCUT2D eigenvalue weighted by atomic mass is 10.1. The Balaban J connectivity index is 1.37. The smallest absolute Gasteiger partial charge is 0.240 e. The average molecular weight is 354 g/mol. The molecule has 1 aromatic heterocycles. The summed E-state index contributed by atoms with van der Waals surface area (Å²) < 4.78 is 7.29. The van der Waals surface area contributed by atoms with Crippen LogP contribution in [0.5, 0.6) is 0 Å². The monoisotopic (exact) mass is 354 g/mol. The van der Waals surface area contributed by atoms with Crippen LogP contribution in [-0.2, 0) is 22.6 Å². The number of hydrogen-bond acceptors (Lipinski definition) is 4.